The molecular weight excluding hydrogens is 188 g/mol. The lowest BCUT2D eigenvalue weighted by molar-refractivity contribution is 0.0948. The molecule has 1 aromatic rings. The molecule has 1 rings (SSSR count). The number of benzene rings is 1. The molecule has 1 atom stereocenters. The lowest BCUT2D eigenvalue weighted by Crippen LogP contribution is -2.31. The molecule has 0 bridgehead atoms. The van der Waals surface area contributed by atoms with Crippen LogP contribution < -0.4 is 11.1 Å². The molecule has 15 heavy (non-hydrogen) atoms. The van der Waals surface area contributed by atoms with Crippen LogP contribution in [0.5, 0.6) is 0 Å². The van der Waals surface area contributed by atoms with Gasteiger partial charge in [-0.15, -0.1) is 6.58 Å². The highest BCUT2D eigenvalue weighted by molar-refractivity contribution is 5.99. The Morgan fingerprint density at radius 2 is 2.27 bits per heavy atom. The van der Waals surface area contributed by atoms with Crippen LogP contribution >= 0.6 is 0 Å². The van der Waals surface area contributed by atoms with Crippen molar-refractivity contribution in [3.05, 3.63) is 42.0 Å². The first kappa shape index (κ1) is 11.3. The molecule has 0 aliphatic carbocycles. The number of nitrogens with two attached hydrogens (primary N) is 1. The second-order valence-electron chi connectivity index (χ2n) is 3.59. The van der Waals surface area contributed by atoms with Crippen LogP contribution in [0.1, 0.15) is 22.8 Å². The normalized spacial score (nSPS) is 11.9. The zero-order valence-corrected chi connectivity index (χ0v) is 9.08. The molecule has 0 fully saturated rings. The number of carbonyl (C=O) groups excluding carboxylic acids is 1. The quantitative estimate of drug-likeness (QED) is 0.583. The van der Waals surface area contributed by atoms with E-state index in [4.69, 9.17) is 5.73 Å². The number of nitrogens with one attached hydrogen (secondary N) is 1. The third kappa shape index (κ3) is 2.84. The molecule has 0 aromatic heterocycles. The Balaban J connectivity index is 2.90. The van der Waals surface area contributed by atoms with Crippen molar-refractivity contribution in [1.29, 1.82) is 0 Å². The molecule has 1 amide bonds. The third-order valence-electron chi connectivity index (χ3n) is 2.17. The fourth-order valence-corrected chi connectivity index (χ4v) is 1.21. The van der Waals surface area contributed by atoms with Gasteiger partial charge >= 0.3 is 0 Å². The van der Waals surface area contributed by atoms with E-state index in [2.05, 4.69) is 11.9 Å². The van der Waals surface area contributed by atoms with Gasteiger partial charge in [-0.25, -0.2) is 0 Å². The topological polar surface area (TPSA) is 55.1 Å². The Morgan fingerprint density at radius 3 is 2.87 bits per heavy atom. The highest BCUT2D eigenvalue weighted by Gasteiger charge is 2.10. The van der Waals surface area contributed by atoms with Crippen molar-refractivity contribution >= 4 is 11.6 Å². The van der Waals surface area contributed by atoms with Gasteiger partial charge in [0.05, 0.1) is 5.56 Å². The van der Waals surface area contributed by atoms with Crippen LogP contribution in [0.25, 0.3) is 0 Å². The molecule has 3 nitrogen and oxygen atoms in total. The summed E-state index contributed by atoms with van der Waals surface area (Å²) in [7, 11) is 0. The van der Waals surface area contributed by atoms with Gasteiger partial charge in [-0.05, 0) is 26.0 Å². The lowest BCUT2D eigenvalue weighted by atomic mass is 10.1. The molecule has 0 radical (unpaired) electrons. The van der Waals surface area contributed by atoms with Gasteiger partial charge < -0.3 is 11.1 Å². The van der Waals surface area contributed by atoms with E-state index in [0.29, 0.717) is 11.3 Å². The van der Waals surface area contributed by atoms with Gasteiger partial charge in [-0.2, -0.15) is 0 Å². The predicted molar refractivity (Wildman–Crippen MR) is 62.7 cm³/mol. The Labute approximate surface area is 90.0 Å². The summed E-state index contributed by atoms with van der Waals surface area (Å²) in [5.74, 6) is -0.163. The average Bonchev–Trinajstić information content (AvgIpc) is 2.21. The average molecular weight is 204 g/mol. The van der Waals surface area contributed by atoms with Gasteiger partial charge in [-0.3, -0.25) is 4.79 Å². The van der Waals surface area contributed by atoms with Crippen LogP contribution in [-0.4, -0.2) is 11.9 Å². The van der Waals surface area contributed by atoms with Crippen molar-refractivity contribution in [2.45, 2.75) is 19.9 Å². The molecule has 0 saturated carbocycles. The summed E-state index contributed by atoms with van der Waals surface area (Å²) in [4.78, 5) is 11.7. The summed E-state index contributed by atoms with van der Waals surface area (Å²) < 4.78 is 0. The zero-order chi connectivity index (χ0) is 11.4. The van der Waals surface area contributed by atoms with E-state index in [-0.39, 0.29) is 11.9 Å². The highest BCUT2D eigenvalue weighted by atomic mass is 16.1. The minimum atomic E-state index is -0.163. The molecule has 3 N–H and O–H groups in total. The van der Waals surface area contributed by atoms with E-state index in [0.717, 1.165) is 5.56 Å². The maximum absolute atomic E-state index is 11.7. The van der Waals surface area contributed by atoms with E-state index in [9.17, 15) is 4.79 Å². The number of hydrogen-bond donors (Lipinski definition) is 2. The third-order valence-corrected chi connectivity index (χ3v) is 2.17. The van der Waals surface area contributed by atoms with Crippen molar-refractivity contribution in [3.63, 3.8) is 0 Å². The van der Waals surface area contributed by atoms with Crippen LogP contribution in [0, 0.1) is 6.92 Å². The van der Waals surface area contributed by atoms with Gasteiger partial charge in [-0.1, -0.05) is 17.7 Å². The summed E-state index contributed by atoms with van der Waals surface area (Å²) in [5, 5.41) is 2.78. The molecule has 0 aliphatic heterocycles. The Morgan fingerprint density at radius 1 is 1.60 bits per heavy atom. The predicted octanol–water partition coefficient (Wildman–Crippen LogP) is 1.88. The van der Waals surface area contributed by atoms with Crippen molar-refractivity contribution in [1.82, 2.24) is 5.32 Å². The van der Waals surface area contributed by atoms with Gasteiger partial charge in [0.15, 0.2) is 0 Å². The lowest BCUT2D eigenvalue weighted by Gasteiger charge is -2.11. The molecular formula is C12H16N2O. The number of rotatable bonds is 3. The van der Waals surface area contributed by atoms with Gasteiger partial charge in [0.1, 0.15) is 0 Å². The van der Waals surface area contributed by atoms with Crippen LogP contribution in [0.3, 0.4) is 0 Å². The maximum Gasteiger partial charge on any atom is 0.253 e. The number of nitrogen functional groups attached to an aromatic ring is 1. The molecule has 0 spiro atoms. The molecule has 0 heterocycles. The molecule has 0 saturated heterocycles. The monoisotopic (exact) mass is 204 g/mol. The SMILES string of the molecule is C=CC(C)NC(=O)c1cc(C)ccc1N. The molecule has 1 unspecified atom stereocenters. The minimum absolute atomic E-state index is 0.0580. The van der Waals surface area contributed by atoms with Crippen molar-refractivity contribution in [2.24, 2.45) is 0 Å². The van der Waals surface area contributed by atoms with Crippen LogP contribution in [0.15, 0.2) is 30.9 Å². The van der Waals surface area contributed by atoms with Gasteiger partial charge in [0.2, 0.25) is 0 Å². The first-order chi connectivity index (χ1) is 7.04. The van der Waals surface area contributed by atoms with Crippen LogP contribution in [0.2, 0.25) is 0 Å². The van der Waals surface area contributed by atoms with E-state index >= 15 is 0 Å². The second-order valence-corrected chi connectivity index (χ2v) is 3.59. The molecule has 80 valence electrons. The van der Waals surface area contributed by atoms with Crippen molar-refractivity contribution < 1.29 is 4.79 Å². The first-order valence-corrected chi connectivity index (χ1v) is 4.84. The van der Waals surface area contributed by atoms with E-state index in [1.165, 1.54) is 0 Å². The summed E-state index contributed by atoms with van der Waals surface area (Å²) in [6.07, 6.45) is 1.67. The number of aryl methyl sites for hydroxylation is 1. The molecule has 1 aromatic carbocycles. The van der Waals surface area contributed by atoms with Gasteiger partial charge in [0, 0.05) is 11.7 Å². The van der Waals surface area contributed by atoms with E-state index < -0.39 is 0 Å². The van der Waals surface area contributed by atoms with Crippen LogP contribution in [0.4, 0.5) is 5.69 Å². The van der Waals surface area contributed by atoms with E-state index in [1.54, 1.807) is 18.2 Å². The minimum Gasteiger partial charge on any atom is -0.398 e. The molecule has 0 aliphatic rings. The Hall–Kier alpha value is -1.77. The number of amides is 1. The smallest absolute Gasteiger partial charge is 0.253 e. The van der Waals surface area contributed by atoms with Crippen molar-refractivity contribution in [3.8, 4) is 0 Å². The highest BCUT2D eigenvalue weighted by Crippen LogP contribution is 2.13. The second kappa shape index (κ2) is 4.64. The van der Waals surface area contributed by atoms with E-state index in [1.807, 2.05) is 19.9 Å². The zero-order valence-electron chi connectivity index (χ0n) is 9.08. The van der Waals surface area contributed by atoms with Gasteiger partial charge in [0.25, 0.3) is 5.91 Å². The maximum atomic E-state index is 11.7. The largest absolute Gasteiger partial charge is 0.398 e. The Kier molecular flexibility index (Phi) is 3.50. The number of carbonyl (C=O) groups is 1. The first-order valence-electron chi connectivity index (χ1n) is 4.84. The summed E-state index contributed by atoms with van der Waals surface area (Å²) in [6.45, 7) is 7.38. The summed E-state index contributed by atoms with van der Waals surface area (Å²) in [6, 6.07) is 5.34. The summed E-state index contributed by atoms with van der Waals surface area (Å²) >= 11 is 0. The fourth-order valence-electron chi connectivity index (χ4n) is 1.21. The Bertz CT molecular complexity index is 385. The summed E-state index contributed by atoms with van der Waals surface area (Å²) in [5.41, 5.74) is 7.75. The standard InChI is InChI=1S/C12H16N2O/c1-4-9(3)14-12(15)10-7-8(2)5-6-11(10)13/h4-7,9H,1,13H2,2-3H3,(H,14,15). The van der Waals surface area contributed by atoms with Crippen molar-refractivity contribution in [2.75, 3.05) is 5.73 Å². The molecule has 3 heteroatoms. The number of hydrogen-bond acceptors (Lipinski definition) is 2. The van der Waals surface area contributed by atoms with Crippen LogP contribution in [-0.2, 0) is 0 Å². The fraction of sp³-hybridized carbons (Fsp3) is 0.250. The number of anilines is 1.